The van der Waals surface area contributed by atoms with Crippen LogP contribution in [-0.4, -0.2) is 25.6 Å². The summed E-state index contributed by atoms with van der Waals surface area (Å²) in [5.74, 6) is 0.655. The van der Waals surface area contributed by atoms with E-state index in [4.69, 9.17) is 9.47 Å². The molecule has 1 atom stereocenters. The van der Waals surface area contributed by atoms with Crippen LogP contribution in [0, 0.1) is 5.92 Å². The van der Waals surface area contributed by atoms with Crippen molar-refractivity contribution >= 4 is 28.2 Å². The van der Waals surface area contributed by atoms with Crippen LogP contribution in [0.1, 0.15) is 64.3 Å². The number of thiophene rings is 1. The van der Waals surface area contributed by atoms with E-state index in [1.165, 1.54) is 22.6 Å². The van der Waals surface area contributed by atoms with Crippen LogP contribution in [0.5, 0.6) is 5.75 Å². The molecule has 150 valence electrons. The first-order valence-corrected chi connectivity index (χ1v) is 10.7. The summed E-state index contributed by atoms with van der Waals surface area (Å²) in [6.45, 7) is 4.31. The van der Waals surface area contributed by atoms with Crippen molar-refractivity contribution in [1.29, 1.82) is 0 Å². The zero-order valence-corrected chi connectivity index (χ0v) is 17.5. The molecule has 1 heterocycles. The summed E-state index contributed by atoms with van der Waals surface area (Å²) in [6.07, 6.45) is 5.26. The lowest BCUT2D eigenvalue weighted by atomic mass is 9.84. The highest BCUT2D eigenvalue weighted by molar-refractivity contribution is 7.17. The molecule has 1 amide bonds. The van der Waals surface area contributed by atoms with Gasteiger partial charge >= 0.3 is 5.97 Å². The first-order chi connectivity index (χ1) is 13.6. The van der Waals surface area contributed by atoms with Crippen LogP contribution in [-0.2, 0) is 17.6 Å². The van der Waals surface area contributed by atoms with Crippen molar-refractivity contribution in [3.8, 4) is 5.75 Å². The third kappa shape index (κ3) is 4.38. The van der Waals surface area contributed by atoms with Gasteiger partial charge in [0.1, 0.15) is 10.8 Å². The monoisotopic (exact) mass is 401 g/mol. The molecule has 5 nitrogen and oxygen atoms in total. The van der Waals surface area contributed by atoms with Gasteiger partial charge in [0.2, 0.25) is 0 Å². The van der Waals surface area contributed by atoms with Crippen LogP contribution in [0.2, 0.25) is 0 Å². The van der Waals surface area contributed by atoms with E-state index in [1.54, 1.807) is 38.3 Å². The van der Waals surface area contributed by atoms with E-state index in [0.717, 1.165) is 31.2 Å². The number of hydrogen-bond donors (Lipinski definition) is 1. The van der Waals surface area contributed by atoms with Gasteiger partial charge in [0, 0.05) is 10.4 Å². The van der Waals surface area contributed by atoms with Gasteiger partial charge in [-0.15, -0.1) is 11.3 Å². The highest BCUT2D eigenvalue weighted by Crippen LogP contribution is 2.41. The highest BCUT2D eigenvalue weighted by atomic mass is 32.1. The largest absolute Gasteiger partial charge is 0.497 e. The van der Waals surface area contributed by atoms with E-state index >= 15 is 0 Å². The Labute approximate surface area is 170 Å². The lowest BCUT2D eigenvalue weighted by Gasteiger charge is -2.21. The van der Waals surface area contributed by atoms with E-state index in [0.29, 0.717) is 34.4 Å². The number of anilines is 1. The topological polar surface area (TPSA) is 64.6 Å². The van der Waals surface area contributed by atoms with Crippen LogP contribution in [0.3, 0.4) is 0 Å². The molecule has 3 rings (SSSR count). The summed E-state index contributed by atoms with van der Waals surface area (Å²) in [6, 6.07) is 6.98. The molecule has 28 heavy (non-hydrogen) atoms. The molecule has 2 aromatic rings. The summed E-state index contributed by atoms with van der Waals surface area (Å²) in [7, 11) is 1.57. The Morgan fingerprint density at radius 3 is 2.82 bits per heavy atom. The fraction of sp³-hybridized carbons (Fsp3) is 0.455. The molecule has 0 spiro atoms. The van der Waals surface area contributed by atoms with Crippen molar-refractivity contribution < 1.29 is 19.1 Å². The maximum atomic E-state index is 12.8. The van der Waals surface area contributed by atoms with Crippen molar-refractivity contribution in [1.82, 2.24) is 0 Å². The molecule has 1 aliphatic carbocycles. The molecule has 0 fully saturated rings. The number of carbonyl (C=O) groups excluding carboxylic acids is 2. The lowest BCUT2D eigenvalue weighted by molar-refractivity contribution is 0.0526. The number of nitrogens with one attached hydrogen (secondary N) is 1. The number of hydrogen-bond acceptors (Lipinski definition) is 5. The Morgan fingerprint density at radius 1 is 1.29 bits per heavy atom. The van der Waals surface area contributed by atoms with Crippen LogP contribution < -0.4 is 10.1 Å². The molecular weight excluding hydrogens is 374 g/mol. The number of amides is 1. The molecule has 1 aliphatic rings. The second-order valence-electron chi connectivity index (χ2n) is 7.01. The van der Waals surface area contributed by atoms with E-state index in [1.807, 2.05) is 0 Å². The van der Waals surface area contributed by atoms with Gasteiger partial charge in [0.05, 0.1) is 19.3 Å². The maximum absolute atomic E-state index is 12.8. The molecule has 1 N–H and O–H groups in total. The molecule has 0 saturated carbocycles. The van der Waals surface area contributed by atoms with Gasteiger partial charge in [0.25, 0.3) is 5.91 Å². The molecule has 6 heteroatoms. The molecule has 0 saturated heterocycles. The van der Waals surface area contributed by atoms with Gasteiger partial charge < -0.3 is 14.8 Å². The van der Waals surface area contributed by atoms with E-state index < -0.39 is 0 Å². The smallest absolute Gasteiger partial charge is 0.341 e. The quantitative estimate of drug-likeness (QED) is 0.656. The van der Waals surface area contributed by atoms with Crippen molar-refractivity contribution in [2.75, 3.05) is 19.0 Å². The second-order valence-corrected chi connectivity index (χ2v) is 8.12. The number of methoxy groups -OCH3 is 1. The van der Waals surface area contributed by atoms with Crippen molar-refractivity contribution in [2.45, 2.75) is 46.0 Å². The molecular formula is C22H27NO4S. The summed E-state index contributed by atoms with van der Waals surface area (Å²) < 4.78 is 10.5. The minimum absolute atomic E-state index is 0.256. The van der Waals surface area contributed by atoms with Crippen molar-refractivity contribution in [3.05, 3.63) is 45.8 Å². The Bertz CT molecular complexity index is 858. The number of fused-ring (bicyclic) bond motifs is 1. The molecule has 0 bridgehead atoms. The first-order valence-electron chi connectivity index (χ1n) is 9.84. The lowest BCUT2D eigenvalue weighted by Crippen LogP contribution is -2.17. The Kier molecular flexibility index (Phi) is 6.73. The predicted molar refractivity (Wildman–Crippen MR) is 112 cm³/mol. The van der Waals surface area contributed by atoms with Gasteiger partial charge in [-0.1, -0.05) is 25.8 Å². The van der Waals surface area contributed by atoms with Gasteiger partial charge in [-0.05, 0) is 55.9 Å². The summed E-state index contributed by atoms with van der Waals surface area (Å²) >= 11 is 1.51. The van der Waals surface area contributed by atoms with Crippen molar-refractivity contribution in [2.24, 2.45) is 5.92 Å². The SMILES string of the molecule is CCCC1CCc2c(sc(NC(=O)c3cccc(OC)c3)c2C(=O)OCC)C1. The zero-order chi connectivity index (χ0) is 20.1. The minimum Gasteiger partial charge on any atom is -0.497 e. The van der Waals surface area contributed by atoms with Gasteiger partial charge in [-0.2, -0.15) is 0 Å². The van der Waals surface area contributed by atoms with E-state index in [9.17, 15) is 9.59 Å². The predicted octanol–water partition coefficient (Wildman–Crippen LogP) is 5.09. The maximum Gasteiger partial charge on any atom is 0.341 e. The van der Waals surface area contributed by atoms with Crippen molar-refractivity contribution in [3.63, 3.8) is 0 Å². The number of benzene rings is 1. The van der Waals surface area contributed by atoms with E-state index in [2.05, 4.69) is 12.2 Å². The fourth-order valence-electron chi connectivity index (χ4n) is 3.76. The average Bonchev–Trinajstić information content (AvgIpc) is 3.05. The number of esters is 1. The normalized spacial score (nSPS) is 15.6. The van der Waals surface area contributed by atoms with Gasteiger partial charge in [-0.3, -0.25) is 4.79 Å². The number of ether oxygens (including phenoxy) is 2. The molecule has 0 aliphatic heterocycles. The fourth-order valence-corrected chi connectivity index (χ4v) is 5.10. The van der Waals surface area contributed by atoms with Gasteiger partial charge in [0.15, 0.2) is 0 Å². The molecule has 0 radical (unpaired) electrons. The number of carbonyl (C=O) groups is 2. The highest BCUT2D eigenvalue weighted by Gasteiger charge is 2.30. The summed E-state index contributed by atoms with van der Waals surface area (Å²) in [5.41, 5.74) is 2.08. The summed E-state index contributed by atoms with van der Waals surface area (Å²) in [5, 5.41) is 3.54. The molecule has 1 aromatic heterocycles. The standard InChI is InChI=1S/C22H27NO4S/c1-4-7-14-10-11-17-18(12-14)28-21(19(17)22(25)27-5-2)23-20(24)15-8-6-9-16(13-15)26-3/h6,8-9,13-14H,4-5,7,10-12H2,1-3H3,(H,23,24). The molecule has 1 unspecified atom stereocenters. The minimum atomic E-state index is -0.352. The Hall–Kier alpha value is -2.34. The third-order valence-electron chi connectivity index (χ3n) is 5.10. The Morgan fingerprint density at radius 2 is 2.11 bits per heavy atom. The number of rotatable bonds is 7. The summed E-state index contributed by atoms with van der Waals surface area (Å²) in [4.78, 5) is 26.6. The van der Waals surface area contributed by atoms with Gasteiger partial charge in [-0.25, -0.2) is 4.79 Å². The van der Waals surface area contributed by atoms with Crippen LogP contribution >= 0.6 is 11.3 Å². The first kappa shape index (κ1) is 20.4. The Balaban J connectivity index is 1.91. The van der Waals surface area contributed by atoms with Crippen LogP contribution in [0.4, 0.5) is 5.00 Å². The third-order valence-corrected chi connectivity index (χ3v) is 6.27. The average molecular weight is 402 g/mol. The van der Waals surface area contributed by atoms with Crippen LogP contribution in [0.25, 0.3) is 0 Å². The second kappa shape index (κ2) is 9.24. The molecule has 1 aromatic carbocycles. The zero-order valence-electron chi connectivity index (χ0n) is 16.7. The van der Waals surface area contributed by atoms with Crippen LogP contribution in [0.15, 0.2) is 24.3 Å². The van der Waals surface area contributed by atoms with E-state index in [-0.39, 0.29) is 11.9 Å².